The fourth-order valence-corrected chi connectivity index (χ4v) is 2.82. The van der Waals surface area contributed by atoms with Crippen LogP contribution in [0.25, 0.3) is 11.3 Å². The number of aromatic nitrogens is 2. The van der Waals surface area contributed by atoms with Gasteiger partial charge < -0.3 is 15.5 Å². The van der Waals surface area contributed by atoms with Crippen LogP contribution in [0.2, 0.25) is 0 Å². The van der Waals surface area contributed by atoms with E-state index in [1.165, 1.54) is 0 Å². The molecule has 2 aromatic rings. The van der Waals surface area contributed by atoms with E-state index >= 15 is 0 Å². The van der Waals surface area contributed by atoms with Crippen LogP contribution in [0.4, 0.5) is 0 Å². The van der Waals surface area contributed by atoms with Crippen molar-refractivity contribution in [3.63, 3.8) is 0 Å². The van der Waals surface area contributed by atoms with Gasteiger partial charge in [0.25, 0.3) is 0 Å². The van der Waals surface area contributed by atoms with Crippen LogP contribution in [0.1, 0.15) is 5.01 Å². The van der Waals surface area contributed by atoms with E-state index in [9.17, 15) is 0 Å². The molecule has 0 radical (unpaired) electrons. The van der Waals surface area contributed by atoms with Gasteiger partial charge in [-0.3, -0.25) is 0 Å². The minimum absolute atomic E-state index is 0.0285. The number of nitrogens with zero attached hydrogens (tertiary/aromatic N) is 1. The van der Waals surface area contributed by atoms with Crippen LogP contribution in [-0.4, -0.2) is 29.7 Å². The van der Waals surface area contributed by atoms with Crippen LogP contribution in [0, 0.1) is 0 Å². The smallest absolute Gasteiger partial charge is 0.105 e. The molecular formula is C11H13N3OS. The van der Waals surface area contributed by atoms with Crippen LogP contribution in [0.5, 0.6) is 0 Å². The molecule has 0 unspecified atom stereocenters. The molecule has 16 heavy (non-hydrogen) atoms. The predicted octanol–water partition coefficient (Wildman–Crippen LogP) is 1.36. The van der Waals surface area contributed by atoms with Gasteiger partial charge in [-0.15, -0.1) is 11.3 Å². The summed E-state index contributed by atoms with van der Waals surface area (Å²) in [6, 6.07) is 2.02. The molecule has 1 fully saturated rings. The third-order valence-electron chi connectivity index (χ3n) is 3.00. The molecule has 4 nitrogen and oxygen atoms in total. The highest BCUT2D eigenvalue weighted by molar-refractivity contribution is 7.10. The molecule has 1 aliphatic heterocycles. The molecule has 3 rings (SSSR count). The molecule has 0 bridgehead atoms. The van der Waals surface area contributed by atoms with Gasteiger partial charge in [0.05, 0.1) is 24.3 Å². The first-order valence-electron chi connectivity index (χ1n) is 5.21. The second-order valence-electron chi connectivity index (χ2n) is 4.11. The quantitative estimate of drug-likeness (QED) is 0.844. The van der Waals surface area contributed by atoms with E-state index in [4.69, 9.17) is 10.5 Å². The van der Waals surface area contributed by atoms with Gasteiger partial charge in [-0.05, 0) is 6.07 Å². The molecule has 0 saturated carbocycles. The summed E-state index contributed by atoms with van der Waals surface area (Å²) >= 11 is 1.67. The minimum Gasteiger partial charge on any atom is -0.379 e. The summed E-state index contributed by atoms with van der Waals surface area (Å²) in [6.45, 7) is 2.00. The lowest BCUT2D eigenvalue weighted by molar-refractivity contribution is -0.0550. The number of H-pyrrole nitrogens is 1. The monoisotopic (exact) mass is 235 g/mol. The maximum absolute atomic E-state index is 5.81. The maximum Gasteiger partial charge on any atom is 0.105 e. The maximum atomic E-state index is 5.81. The molecule has 3 heterocycles. The van der Waals surface area contributed by atoms with Crippen molar-refractivity contribution < 1.29 is 4.74 Å². The van der Waals surface area contributed by atoms with Crippen LogP contribution < -0.4 is 5.73 Å². The largest absolute Gasteiger partial charge is 0.379 e. The Kier molecular flexibility index (Phi) is 2.31. The van der Waals surface area contributed by atoms with Gasteiger partial charge in [0.15, 0.2) is 0 Å². The van der Waals surface area contributed by atoms with E-state index in [1.54, 1.807) is 11.3 Å². The van der Waals surface area contributed by atoms with Gasteiger partial charge in [-0.25, -0.2) is 4.98 Å². The lowest BCUT2D eigenvalue weighted by atomic mass is 9.87. The van der Waals surface area contributed by atoms with Crippen LogP contribution in [0.15, 0.2) is 23.8 Å². The summed E-state index contributed by atoms with van der Waals surface area (Å²) in [4.78, 5) is 7.69. The van der Waals surface area contributed by atoms with Gasteiger partial charge in [-0.1, -0.05) is 0 Å². The van der Waals surface area contributed by atoms with Crippen molar-refractivity contribution in [3.05, 3.63) is 28.8 Å². The highest BCUT2D eigenvalue weighted by Crippen LogP contribution is 2.35. The third-order valence-corrected chi connectivity index (χ3v) is 4.09. The zero-order valence-corrected chi connectivity index (χ0v) is 9.59. The number of rotatable bonds is 3. The Morgan fingerprint density at radius 2 is 2.44 bits per heavy atom. The standard InChI is InChI=1S/C11H13N3OS/c12-5-11(6-15-7-11)10-14-9(4-16-10)8-1-2-13-3-8/h1-4,13H,5-7,12H2. The van der Waals surface area contributed by atoms with Gasteiger partial charge in [-0.2, -0.15) is 0 Å². The molecule has 0 spiro atoms. The van der Waals surface area contributed by atoms with E-state index in [1.807, 2.05) is 18.5 Å². The summed E-state index contributed by atoms with van der Waals surface area (Å²) in [5, 5.41) is 3.17. The molecule has 0 aliphatic carbocycles. The van der Waals surface area contributed by atoms with E-state index in [0.717, 1.165) is 16.3 Å². The normalized spacial score (nSPS) is 18.3. The van der Waals surface area contributed by atoms with Gasteiger partial charge in [0, 0.05) is 29.9 Å². The topological polar surface area (TPSA) is 63.9 Å². The van der Waals surface area contributed by atoms with Crippen LogP contribution in [0.3, 0.4) is 0 Å². The average molecular weight is 235 g/mol. The highest BCUT2D eigenvalue weighted by Gasteiger charge is 2.41. The molecule has 2 aromatic heterocycles. The zero-order chi connectivity index (χ0) is 11.0. The Morgan fingerprint density at radius 3 is 3.00 bits per heavy atom. The molecule has 5 heteroatoms. The van der Waals surface area contributed by atoms with E-state index in [0.29, 0.717) is 19.8 Å². The lowest BCUT2D eigenvalue weighted by Crippen LogP contribution is -2.52. The van der Waals surface area contributed by atoms with E-state index in [2.05, 4.69) is 15.3 Å². The van der Waals surface area contributed by atoms with Gasteiger partial charge >= 0.3 is 0 Å². The summed E-state index contributed by atoms with van der Waals surface area (Å²) in [5.41, 5.74) is 7.92. The number of hydrogen-bond acceptors (Lipinski definition) is 4. The van der Waals surface area contributed by atoms with E-state index < -0.39 is 0 Å². The van der Waals surface area contributed by atoms with E-state index in [-0.39, 0.29) is 5.41 Å². The Labute approximate surface area is 97.5 Å². The van der Waals surface area contributed by atoms with Crippen molar-refractivity contribution in [3.8, 4) is 11.3 Å². The summed E-state index contributed by atoms with van der Waals surface area (Å²) in [6.07, 6.45) is 3.85. The third kappa shape index (κ3) is 1.40. The fourth-order valence-electron chi connectivity index (χ4n) is 1.81. The first-order chi connectivity index (χ1) is 7.84. The molecule has 0 aromatic carbocycles. The van der Waals surface area contributed by atoms with Crippen LogP contribution >= 0.6 is 11.3 Å². The first-order valence-corrected chi connectivity index (χ1v) is 6.09. The Balaban J connectivity index is 1.93. The number of nitrogens with one attached hydrogen (secondary N) is 1. The number of hydrogen-bond donors (Lipinski definition) is 2. The summed E-state index contributed by atoms with van der Waals surface area (Å²) < 4.78 is 5.26. The minimum atomic E-state index is -0.0285. The zero-order valence-electron chi connectivity index (χ0n) is 8.77. The van der Waals surface area contributed by atoms with Crippen molar-refractivity contribution in [2.45, 2.75) is 5.41 Å². The van der Waals surface area contributed by atoms with Crippen molar-refractivity contribution >= 4 is 11.3 Å². The SMILES string of the molecule is NCC1(c2nc(-c3cc[nH]c3)cs2)COC1. The van der Waals surface area contributed by atoms with Gasteiger partial charge in [0.1, 0.15) is 5.01 Å². The number of ether oxygens (including phenoxy) is 1. The Bertz CT molecular complexity index is 468. The molecule has 0 amide bonds. The molecular weight excluding hydrogens is 222 g/mol. The number of thiazole rings is 1. The number of aromatic amines is 1. The lowest BCUT2D eigenvalue weighted by Gasteiger charge is -2.38. The molecule has 0 atom stereocenters. The predicted molar refractivity (Wildman–Crippen MR) is 63.5 cm³/mol. The van der Waals surface area contributed by atoms with Crippen molar-refractivity contribution in [2.75, 3.05) is 19.8 Å². The second-order valence-corrected chi connectivity index (χ2v) is 4.97. The summed E-state index contributed by atoms with van der Waals surface area (Å²) in [5.74, 6) is 0. The van der Waals surface area contributed by atoms with Crippen molar-refractivity contribution in [1.82, 2.24) is 9.97 Å². The van der Waals surface area contributed by atoms with Gasteiger partial charge in [0.2, 0.25) is 0 Å². The van der Waals surface area contributed by atoms with Crippen molar-refractivity contribution in [1.29, 1.82) is 0 Å². The molecule has 3 N–H and O–H groups in total. The Hall–Kier alpha value is -1.17. The Morgan fingerprint density at radius 1 is 1.56 bits per heavy atom. The highest BCUT2D eigenvalue weighted by atomic mass is 32.1. The molecule has 1 saturated heterocycles. The molecule has 1 aliphatic rings. The fraction of sp³-hybridized carbons (Fsp3) is 0.364. The summed E-state index contributed by atoms with van der Waals surface area (Å²) in [7, 11) is 0. The second kappa shape index (κ2) is 3.69. The van der Waals surface area contributed by atoms with Crippen LogP contribution in [-0.2, 0) is 10.2 Å². The number of nitrogens with two attached hydrogens (primary N) is 1. The van der Waals surface area contributed by atoms with Crippen molar-refractivity contribution in [2.24, 2.45) is 5.73 Å². The first kappa shape index (κ1) is 10.0. The average Bonchev–Trinajstić information content (AvgIpc) is 2.86. The molecule has 84 valence electrons.